The lowest BCUT2D eigenvalue weighted by Crippen LogP contribution is -2.39. The molecule has 1 aliphatic heterocycles. The highest BCUT2D eigenvalue weighted by atomic mass is 79.9. The van der Waals surface area contributed by atoms with Gasteiger partial charge >= 0.3 is 0 Å². The van der Waals surface area contributed by atoms with E-state index in [-0.39, 0.29) is 18.4 Å². The molecule has 1 heterocycles. The van der Waals surface area contributed by atoms with E-state index in [1.54, 1.807) is 30.3 Å². The van der Waals surface area contributed by atoms with E-state index in [9.17, 15) is 9.59 Å². The largest absolute Gasteiger partial charge is 0.324 e. The molecule has 0 unspecified atom stereocenters. The standard InChI is InChI=1S/C22H15BrCl2N2O2/c23-13-9-10-19-16(11-13)21(14-5-1-3-7-17(14)24)27(12-20(28)26-19)22(29)15-6-2-4-8-18(15)25/h1-11,21H,12H2,(H,26,28)/t21-/m0/s1. The fraction of sp³-hybridized carbons (Fsp3) is 0.0909. The molecule has 0 saturated heterocycles. The SMILES string of the molecule is O=C1CN(C(=O)c2ccccc2Cl)[C@@H](c2ccccc2Cl)c2cc(Br)ccc2N1. The summed E-state index contributed by atoms with van der Waals surface area (Å²) in [5, 5.41) is 3.73. The molecule has 3 aromatic carbocycles. The van der Waals surface area contributed by atoms with Crippen LogP contribution >= 0.6 is 39.1 Å². The molecule has 0 bridgehead atoms. The zero-order chi connectivity index (χ0) is 20.5. The van der Waals surface area contributed by atoms with E-state index in [1.165, 1.54) is 4.90 Å². The first-order chi connectivity index (χ1) is 14.0. The molecule has 7 heteroatoms. The minimum absolute atomic E-state index is 0.133. The Morgan fingerprint density at radius 3 is 2.38 bits per heavy atom. The number of benzene rings is 3. The van der Waals surface area contributed by atoms with Gasteiger partial charge in [-0.25, -0.2) is 0 Å². The Labute approximate surface area is 186 Å². The summed E-state index contributed by atoms with van der Waals surface area (Å²) in [7, 11) is 0. The number of nitrogens with one attached hydrogen (secondary N) is 1. The predicted octanol–water partition coefficient (Wildman–Crippen LogP) is 5.94. The van der Waals surface area contributed by atoms with Crippen LogP contribution in [-0.2, 0) is 4.79 Å². The molecule has 0 saturated carbocycles. The summed E-state index contributed by atoms with van der Waals surface area (Å²) in [5.41, 5.74) is 2.46. The molecular weight excluding hydrogens is 475 g/mol. The summed E-state index contributed by atoms with van der Waals surface area (Å²) in [6.45, 7) is -0.133. The van der Waals surface area contributed by atoms with E-state index in [2.05, 4.69) is 21.2 Å². The van der Waals surface area contributed by atoms with Gasteiger partial charge in [0.15, 0.2) is 0 Å². The normalized spacial score (nSPS) is 16.0. The fourth-order valence-electron chi connectivity index (χ4n) is 3.49. The lowest BCUT2D eigenvalue weighted by atomic mass is 9.95. The molecule has 4 rings (SSSR count). The highest BCUT2D eigenvalue weighted by molar-refractivity contribution is 9.10. The van der Waals surface area contributed by atoms with E-state index < -0.39 is 6.04 Å². The number of halogens is 3. The monoisotopic (exact) mass is 488 g/mol. The van der Waals surface area contributed by atoms with E-state index >= 15 is 0 Å². The summed E-state index contributed by atoms with van der Waals surface area (Å²) in [6, 6.07) is 19.1. The van der Waals surface area contributed by atoms with Crippen LogP contribution in [0.15, 0.2) is 71.2 Å². The van der Waals surface area contributed by atoms with Crippen LogP contribution in [-0.4, -0.2) is 23.3 Å². The Morgan fingerprint density at radius 1 is 0.966 bits per heavy atom. The third kappa shape index (κ3) is 3.90. The lowest BCUT2D eigenvalue weighted by Gasteiger charge is -2.31. The quantitative estimate of drug-likeness (QED) is 0.484. The minimum Gasteiger partial charge on any atom is -0.324 e. The summed E-state index contributed by atoms with van der Waals surface area (Å²) >= 11 is 16.3. The van der Waals surface area contributed by atoms with Gasteiger partial charge in [-0.15, -0.1) is 0 Å². The van der Waals surface area contributed by atoms with Gasteiger partial charge in [0.25, 0.3) is 5.91 Å². The number of hydrogen-bond donors (Lipinski definition) is 1. The van der Waals surface area contributed by atoms with E-state index in [1.807, 2.05) is 36.4 Å². The van der Waals surface area contributed by atoms with Crippen LogP contribution in [0.25, 0.3) is 0 Å². The fourth-order valence-corrected chi connectivity index (χ4v) is 4.32. The Balaban J connectivity index is 1.94. The number of anilines is 1. The van der Waals surface area contributed by atoms with Crippen LogP contribution in [0.3, 0.4) is 0 Å². The van der Waals surface area contributed by atoms with E-state index in [4.69, 9.17) is 23.2 Å². The van der Waals surface area contributed by atoms with Crippen LogP contribution in [0.4, 0.5) is 5.69 Å². The van der Waals surface area contributed by atoms with Gasteiger partial charge in [-0.3, -0.25) is 9.59 Å². The number of carbonyl (C=O) groups excluding carboxylic acids is 2. The molecule has 3 aromatic rings. The number of hydrogen-bond acceptors (Lipinski definition) is 2. The molecule has 29 heavy (non-hydrogen) atoms. The molecule has 2 amide bonds. The van der Waals surface area contributed by atoms with Gasteiger partial charge in [0.2, 0.25) is 5.91 Å². The van der Waals surface area contributed by atoms with Crippen molar-refractivity contribution in [3.8, 4) is 0 Å². The highest BCUT2D eigenvalue weighted by Crippen LogP contribution is 2.40. The number of amides is 2. The summed E-state index contributed by atoms with van der Waals surface area (Å²) in [6.07, 6.45) is 0. The predicted molar refractivity (Wildman–Crippen MR) is 119 cm³/mol. The third-order valence-electron chi connectivity index (χ3n) is 4.77. The van der Waals surface area contributed by atoms with Crippen molar-refractivity contribution in [1.82, 2.24) is 4.90 Å². The van der Waals surface area contributed by atoms with Crippen molar-refractivity contribution in [3.63, 3.8) is 0 Å². The summed E-state index contributed by atoms with van der Waals surface area (Å²) in [4.78, 5) is 27.7. The topological polar surface area (TPSA) is 49.4 Å². The second kappa shape index (κ2) is 8.19. The van der Waals surface area contributed by atoms with Crippen molar-refractivity contribution < 1.29 is 9.59 Å². The Hall–Kier alpha value is -2.34. The zero-order valence-electron chi connectivity index (χ0n) is 15.0. The Bertz CT molecular complexity index is 1120. The zero-order valence-corrected chi connectivity index (χ0v) is 18.1. The van der Waals surface area contributed by atoms with Crippen molar-refractivity contribution in [2.24, 2.45) is 0 Å². The molecule has 1 aliphatic rings. The van der Waals surface area contributed by atoms with E-state index in [0.717, 1.165) is 15.6 Å². The summed E-state index contributed by atoms with van der Waals surface area (Å²) in [5.74, 6) is -0.632. The molecule has 0 radical (unpaired) electrons. The molecular formula is C22H15BrCl2N2O2. The molecule has 0 aliphatic carbocycles. The van der Waals surface area contributed by atoms with Gasteiger partial charge in [-0.1, -0.05) is 69.5 Å². The second-order valence-corrected chi connectivity index (χ2v) is 8.35. The highest BCUT2D eigenvalue weighted by Gasteiger charge is 2.35. The first-order valence-electron chi connectivity index (χ1n) is 8.85. The smallest absolute Gasteiger partial charge is 0.256 e. The van der Waals surface area contributed by atoms with Crippen molar-refractivity contribution in [2.45, 2.75) is 6.04 Å². The average molecular weight is 490 g/mol. The molecule has 0 fully saturated rings. The third-order valence-corrected chi connectivity index (χ3v) is 5.94. The molecule has 1 N–H and O–H groups in total. The maximum absolute atomic E-state index is 13.5. The number of rotatable bonds is 2. The van der Waals surface area contributed by atoms with Crippen LogP contribution in [0, 0.1) is 0 Å². The maximum Gasteiger partial charge on any atom is 0.256 e. The second-order valence-electron chi connectivity index (χ2n) is 6.62. The van der Waals surface area contributed by atoms with Crippen molar-refractivity contribution in [1.29, 1.82) is 0 Å². The minimum atomic E-state index is -0.570. The van der Waals surface area contributed by atoms with E-state index in [0.29, 0.717) is 21.3 Å². The average Bonchev–Trinajstić information content (AvgIpc) is 2.84. The number of carbonyl (C=O) groups is 2. The number of fused-ring (bicyclic) bond motifs is 1. The first kappa shape index (κ1) is 20.0. The molecule has 1 atom stereocenters. The van der Waals surface area contributed by atoms with Gasteiger partial charge in [0.1, 0.15) is 6.54 Å². The van der Waals surface area contributed by atoms with Crippen molar-refractivity contribution in [3.05, 3.63) is 97.9 Å². The van der Waals surface area contributed by atoms with Gasteiger partial charge in [-0.2, -0.15) is 0 Å². The van der Waals surface area contributed by atoms with Crippen molar-refractivity contribution in [2.75, 3.05) is 11.9 Å². The number of nitrogens with zero attached hydrogens (tertiary/aromatic N) is 1. The molecule has 4 nitrogen and oxygen atoms in total. The lowest BCUT2D eigenvalue weighted by molar-refractivity contribution is -0.117. The van der Waals surface area contributed by atoms with Gasteiger partial charge in [0, 0.05) is 20.7 Å². The first-order valence-corrected chi connectivity index (χ1v) is 10.4. The van der Waals surface area contributed by atoms with Gasteiger partial charge < -0.3 is 10.2 Å². The Kier molecular flexibility index (Phi) is 5.63. The van der Waals surface area contributed by atoms with Crippen LogP contribution < -0.4 is 5.32 Å². The van der Waals surface area contributed by atoms with Gasteiger partial charge in [-0.05, 0) is 42.0 Å². The van der Waals surface area contributed by atoms with Crippen LogP contribution in [0.1, 0.15) is 27.5 Å². The molecule has 0 aromatic heterocycles. The molecule has 0 spiro atoms. The molecule has 146 valence electrons. The van der Waals surface area contributed by atoms with Crippen LogP contribution in [0.5, 0.6) is 0 Å². The maximum atomic E-state index is 13.5. The van der Waals surface area contributed by atoms with Crippen molar-refractivity contribution >= 4 is 56.6 Å². The van der Waals surface area contributed by atoms with Crippen LogP contribution in [0.2, 0.25) is 10.0 Å². The summed E-state index contributed by atoms with van der Waals surface area (Å²) < 4.78 is 0.828. The van der Waals surface area contributed by atoms with Gasteiger partial charge in [0.05, 0.1) is 16.6 Å². The Morgan fingerprint density at radius 2 is 1.66 bits per heavy atom.